The largest absolute Gasteiger partial charge is 0.493 e. The SMILES string of the molecule is COc1ccc(NC(=O)c2ccc(C(=O)Nc3cccc(F)c3)cc2)cc1OC. The van der Waals surface area contributed by atoms with E-state index >= 15 is 0 Å². The van der Waals surface area contributed by atoms with Gasteiger partial charge in [-0.1, -0.05) is 6.07 Å². The zero-order valence-corrected chi connectivity index (χ0v) is 15.9. The number of amides is 2. The molecule has 0 unspecified atom stereocenters. The molecule has 0 fully saturated rings. The normalized spacial score (nSPS) is 10.2. The number of halogens is 1. The van der Waals surface area contributed by atoms with Crippen LogP contribution in [0.4, 0.5) is 15.8 Å². The van der Waals surface area contributed by atoms with Crippen molar-refractivity contribution >= 4 is 23.2 Å². The molecule has 3 aromatic rings. The summed E-state index contributed by atoms with van der Waals surface area (Å²) in [5, 5.41) is 5.37. The first-order chi connectivity index (χ1) is 14.0. The number of nitrogens with one attached hydrogen (secondary N) is 2. The molecule has 0 saturated carbocycles. The molecule has 6 nitrogen and oxygen atoms in total. The first kappa shape index (κ1) is 19.9. The zero-order chi connectivity index (χ0) is 20.8. The monoisotopic (exact) mass is 394 g/mol. The van der Waals surface area contributed by atoms with Gasteiger partial charge in [-0.2, -0.15) is 0 Å². The summed E-state index contributed by atoms with van der Waals surface area (Å²) in [6, 6.07) is 16.8. The van der Waals surface area contributed by atoms with E-state index in [0.717, 1.165) is 0 Å². The van der Waals surface area contributed by atoms with E-state index in [-0.39, 0.29) is 5.91 Å². The zero-order valence-electron chi connectivity index (χ0n) is 15.9. The summed E-state index contributed by atoms with van der Waals surface area (Å²) in [5.74, 6) is -0.129. The maximum Gasteiger partial charge on any atom is 0.255 e. The topological polar surface area (TPSA) is 76.7 Å². The molecule has 0 bridgehead atoms. The Morgan fingerprint density at radius 3 is 1.79 bits per heavy atom. The summed E-state index contributed by atoms with van der Waals surface area (Å²) < 4.78 is 23.6. The smallest absolute Gasteiger partial charge is 0.255 e. The highest BCUT2D eigenvalue weighted by Crippen LogP contribution is 2.29. The van der Waals surface area contributed by atoms with E-state index in [1.165, 1.54) is 56.7 Å². The molecule has 0 radical (unpaired) electrons. The van der Waals surface area contributed by atoms with Crippen molar-refractivity contribution in [3.63, 3.8) is 0 Å². The summed E-state index contributed by atoms with van der Waals surface area (Å²) >= 11 is 0. The lowest BCUT2D eigenvalue weighted by atomic mass is 10.1. The maximum atomic E-state index is 13.2. The minimum atomic E-state index is -0.440. The van der Waals surface area contributed by atoms with E-state index < -0.39 is 11.7 Å². The third-order valence-electron chi connectivity index (χ3n) is 4.13. The molecule has 0 aromatic heterocycles. The Hall–Kier alpha value is -3.87. The first-order valence-corrected chi connectivity index (χ1v) is 8.70. The highest BCUT2D eigenvalue weighted by atomic mass is 19.1. The standard InChI is InChI=1S/C22H19FN2O4/c1-28-19-11-10-18(13-20(19)29-2)25-22(27)15-8-6-14(7-9-15)21(26)24-17-5-3-4-16(23)12-17/h3-13H,1-2H3,(H,24,26)(H,25,27). The lowest BCUT2D eigenvalue weighted by Crippen LogP contribution is -2.14. The van der Waals surface area contributed by atoms with Crippen LogP contribution in [0.2, 0.25) is 0 Å². The van der Waals surface area contributed by atoms with Gasteiger partial charge in [0.25, 0.3) is 11.8 Å². The Labute approximate surface area is 167 Å². The van der Waals surface area contributed by atoms with Gasteiger partial charge in [0.15, 0.2) is 11.5 Å². The van der Waals surface area contributed by atoms with Crippen molar-refractivity contribution in [2.45, 2.75) is 0 Å². The summed E-state index contributed by atoms with van der Waals surface area (Å²) in [5.41, 5.74) is 1.62. The number of benzene rings is 3. The number of anilines is 2. The van der Waals surface area contributed by atoms with Gasteiger partial charge in [0, 0.05) is 28.6 Å². The Bertz CT molecular complexity index is 1040. The van der Waals surface area contributed by atoms with E-state index in [0.29, 0.717) is 34.0 Å². The molecule has 3 aromatic carbocycles. The molecule has 0 saturated heterocycles. The van der Waals surface area contributed by atoms with Gasteiger partial charge in [0.05, 0.1) is 14.2 Å². The second kappa shape index (κ2) is 8.88. The van der Waals surface area contributed by atoms with Crippen molar-refractivity contribution < 1.29 is 23.5 Å². The molecule has 0 aliphatic rings. The van der Waals surface area contributed by atoms with Crippen molar-refractivity contribution in [2.24, 2.45) is 0 Å². The van der Waals surface area contributed by atoms with Gasteiger partial charge in [0.2, 0.25) is 0 Å². The van der Waals surface area contributed by atoms with Crippen LogP contribution in [-0.2, 0) is 0 Å². The van der Waals surface area contributed by atoms with Crippen LogP contribution in [-0.4, -0.2) is 26.0 Å². The highest BCUT2D eigenvalue weighted by Gasteiger charge is 2.11. The minimum Gasteiger partial charge on any atom is -0.493 e. The molecule has 2 amide bonds. The summed E-state index contributed by atoms with van der Waals surface area (Å²) in [4.78, 5) is 24.7. The fraction of sp³-hybridized carbons (Fsp3) is 0.0909. The van der Waals surface area contributed by atoms with Crippen LogP contribution >= 0.6 is 0 Å². The van der Waals surface area contributed by atoms with Crippen molar-refractivity contribution in [2.75, 3.05) is 24.9 Å². The maximum absolute atomic E-state index is 13.2. The molecule has 0 aliphatic carbocycles. The van der Waals surface area contributed by atoms with Crippen LogP contribution in [0.25, 0.3) is 0 Å². The molecule has 29 heavy (non-hydrogen) atoms. The van der Waals surface area contributed by atoms with E-state index in [1.807, 2.05) is 0 Å². The van der Waals surface area contributed by atoms with Crippen molar-refractivity contribution in [1.82, 2.24) is 0 Å². The molecular weight excluding hydrogens is 375 g/mol. The van der Waals surface area contributed by atoms with Crippen LogP contribution in [0.5, 0.6) is 11.5 Å². The van der Waals surface area contributed by atoms with Gasteiger partial charge in [-0.05, 0) is 54.6 Å². The van der Waals surface area contributed by atoms with E-state index in [4.69, 9.17) is 9.47 Å². The van der Waals surface area contributed by atoms with Gasteiger partial charge in [-0.3, -0.25) is 9.59 Å². The van der Waals surface area contributed by atoms with Crippen LogP contribution < -0.4 is 20.1 Å². The van der Waals surface area contributed by atoms with Crippen molar-refractivity contribution in [3.05, 3.63) is 83.7 Å². The molecular formula is C22H19FN2O4. The van der Waals surface area contributed by atoms with Crippen molar-refractivity contribution in [1.29, 1.82) is 0 Å². The number of ether oxygens (including phenoxy) is 2. The lowest BCUT2D eigenvalue weighted by molar-refractivity contribution is 0.101. The fourth-order valence-corrected chi connectivity index (χ4v) is 2.66. The van der Waals surface area contributed by atoms with E-state index in [2.05, 4.69) is 10.6 Å². The minimum absolute atomic E-state index is 0.339. The van der Waals surface area contributed by atoms with Gasteiger partial charge >= 0.3 is 0 Å². The summed E-state index contributed by atoms with van der Waals surface area (Å²) in [6.07, 6.45) is 0. The predicted octanol–water partition coefficient (Wildman–Crippen LogP) is 4.35. The Kier molecular flexibility index (Phi) is 6.09. The number of carbonyl (C=O) groups excluding carboxylic acids is 2. The average molecular weight is 394 g/mol. The second-order valence-electron chi connectivity index (χ2n) is 6.07. The number of hydrogen-bond donors (Lipinski definition) is 2. The number of hydrogen-bond acceptors (Lipinski definition) is 4. The predicted molar refractivity (Wildman–Crippen MR) is 108 cm³/mol. The Morgan fingerprint density at radius 2 is 1.28 bits per heavy atom. The van der Waals surface area contributed by atoms with Crippen LogP contribution in [0.1, 0.15) is 20.7 Å². The molecule has 0 atom stereocenters. The molecule has 3 rings (SSSR count). The molecule has 0 aliphatic heterocycles. The first-order valence-electron chi connectivity index (χ1n) is 8.70. The van der Waals surface area contributed by atoms with Gasteiger partial charge in [-0.15, -0.1) is 0 Å². The third-order valence-corrected chi connectivity index (χ3v) is 4.13. The molecule has 0 heterocycles. The fourth-order valence-electron chi connectivity index (χ4n) is 2.66. The second-order valence-corrected chi connectivity index (χ2v) is 6.07. The van der Waals surface area contributed by atoms with Gasteiger partial charge in [0.1, 0.15) is 5.82 Å². The highest BCUT2D eigenvalue weighted by molar-refractivity contribution is 6.07. The molecule has 2 N–H and O–H groups in total. The van der Waals surface area contributed by atoms with Crippen molar-refractivity contribution in [3.8, 4) is 11.5 Å². The van der Waals surface area contributed by atoms with Gasteiger partial charge in [-0.25, -0.2) is 4.39 Å². The van der Waals surface area contributed by atoms with E-state index in [9.17, 15) is 14.0 Å². The Balaban J connectivity index is 1.68. The van der Waals surface area contributed by atoms with Crippen LogP contribution in [0.15, 0.2) is 66.7 Å². The lowest BCUT2D eigenvalue weighted by Gasteiger charge is -2.11. The van der Waals surface area contributed by atoms with Crippen LogP contribution in [0, 0.1) is 5.82 Å². The average Bonchev–Trinajstić information content (AvgIpc) is 2.73. The van der Waals surface area contributed by atoms with Crippen LogP contribution in [0.3, 0.4) is 0 Å². The van der Waals surface area contributed by atoms with E-state index in [1.54, 1.807) is 24.3 Å². The number of methoxy groups -OCH3 is 2. The van der Waals surface area contributed by atoms with Gasteiger partial charge < -0.3 is 20.1 Å². The molecule has 7 heteroatoms. The number of carbonyl (C=O) groups is 2. The number of rotatable bonds is 6. The summed E-state index contributed by atoms with van der Waals surface area (Å²) in [7, 11) is 3.04. The Morgan fingerprint density at radius 1 is 0.724 bits per heavy atom. The quantitative estimate of drug-likeness (QED) is 0.652. The summed E-state index contributed by atoms with van der Waals surface area (Å²) in [6.45, 7) is 0. The molecule has 148 valence electrons. The molecule has 0 spiro atoms. The third kappa shape index (κ3) is 4.90.